The van der Waals surface area contributed by atoms with Gasteiger partial charge in [0.05, 0.1) is 7.11 Å². The molecule has 1 atom stereocenters. The van der Waals surface area contributed by atoms with Crippen molar-refractivity contribution in [1.29, 1.82) is 0 Å². The highest BCUT2D eigenvalue weighted by Crippen LogP contribution is 2.33. The fourth-order valence-corrected chi connectivity index (χ4v) is 3.80. The smallest absolute Gasteiger partial charge is 0.223 e. The summed E-state index contributed by atoms with van der Waals surface area (Å²) in [5.74, 6) is 2.35. The van der Waals surface area contributed by atoms with E-state index in [0.29, 0.717) is 36.8 Å². The van der Waals surface area contributed by atoms with Crippen LogP contribution < -0.4 is 10.1 Å². The average Bonchev–Trinajstić information content (AvgIpc) is 3.45. The fraction of sp³-hybridized carbons (Fsp3) is 0.650. The van der Waals surface area contributed by atoms with Crippen molar-refractivity contribution < 1.29 is 9.53 Å². The molecule has 1 aromatic carbocycles. The van der Waals surface area contributed by atoms with E-state index >= 15 is 0 Å². The van der Waals surface area contributed by atoms with Crippen LogP contribution >= 0.6 is 12.4 Å². The van der Waals surface area contributed by atoms with Crippen molar-refractivity contribution in [2.24, 2.45) is 11.8 Å². The summed E-state index contributed by atoms with van der Waals surface area (Å²) < 4.78 is 5.46. The molecule has 0 bridgehead atoms. The van der Waals surface area contributed by atoms with Crippen molar-refractivity contribution in [2.75, 3.05) is 20.2 Å². The van der Waals surface area contributed by atoms with Crippen LogP contribution in [-0.2, 0) is 11.3 Å². The molecule has 2 aliphatic rings. The van der Waals surface area contributed by atoms with Gasteiger partial charge in [-0.25, -0.2) is 0 Å². The lowest BCUT2D eigenvalue weighted by Crippen LogP contribution is -2.36. The molecule has 140 valence electrons. The van der Waals surface area contributed by atoms with Crippen LogP contribution in [0.15, 0.2) is 24.3 Å². The van der Waals surface area contributed by atoms with Crippen molar-refractivity contribution in [1.82, 2.24) is 10.2 Å². The highest BCUT2D eigenvalue weighted by Gasteiger charge is 2.34. The van der Waals surface area contributed by atoms with Crippen LogP contribution in [0.2, 0.25) is 0 Å². The molecule has 1 aliphatic heterocycles. The molecule has 1 heterocycles. The van der Waals surface area contributed by atoms with E-state index < -0.39 is 0 Å². The van der Waals surface area contributed by atoms with E-state index in [1.54, 1.807) is 7.11 Å². The van der Waals surface area contributed by atoms with Gasteiger partial charge in [-0.05, 0) is 56.7 Å². The lowest BCUT2D eigenvalue weighted by Gasteiger charge is -2.30. The van der Waals surface area contributed by atoms with Gasteiger partial charge in [0.1, 0.15) is 5.75 Å². The quantitative estimate of drug-likeness (QED) is 0.801. The first-order valence-electron chi connectivity index (χ1n) is 9.31. The zero-order chi connectivity index (χ0) is 16.9. The van der Waals surface area contributed by atoms with Gasteiger partial charge in [0.2, 0.25) is 5.91 Å². The molecule has 5 heteroatoms. The van der Waals surface area contributed by atoms with Gasteiger partial charge < -0.3 is 15.0 Å². The van der Waals surface area contributed by atoms with E-state index in [4.69, 9.17) is 4.74 Å². The number of methoxy groups -OCH3 is 1. The Labute approximate surface area is 157 Å². The maximum absolute atomic E-state index is 13.0. The molecule has 1 aliphatic carbocycles. The largest absolute Gasteiger partial charge is 0.496 e. The van der Waals surface area contributed by atoms with Crippen LogP contribution in [0.5, 0.6) is 5.75 Å². The van der Waals surface area contributed by atoms with Crippen molar-refractivity contribution in [3.05, 3.63) is 29.8 Å². The number of nitrogens with zero attached hydrogens (tertiary/aromatic N) is 1. The lowest BCUT2D eigenvalue weighted by molar-refractivity contribution is -0.133. The molecule has 25 heavy (non-hydrogen) atoms. The summed E-state index contributed by atoms with van der Waals surface area (Å²) in [7, 11) is 1.70. The Morgan fingerprint density at radius 3 is 2.56 bits per heavy atom. The Morgan fingerprint density at radius 1 is 1.24 bits per heavy atom. The normalized spacial score (nSPS) is 19.0. The predicted octanol–water partition coefficient (Wildman–Crippen LogP) is 3.63. The molecule has 0 aromatic heterocycles. The van der Waals surface area contributed by atoms with Crippen molar-refractivity contribution in [3.8, 4) is 5.75 Å². The first-order chi connectivity index (χ1) is 11.7. The number of amides is 1. The SMILES string of the molecule is COc1ccccc1CN(C(=O)CC(C)C1CCNCC1)C1CC1.Cl. The predicted molar refractivity (Wildman–Crippen MR) is 103 cm³/mol. The summed E-state index contributed by atoms with van der Waals surface area (Å²) in [5.41, 5.74) is 1.11. The molecular weight excluding hydrogens is 336 g/mol. The van der Waals surface area contributed by atoms with E-state index in [-0.39, 0.29) is 12.4 Å². The molecule has 1 saturated heterocycles. The third-order valence-corrected chi connectivity index (χ3v) is 5.53. The van der Waals surface area contributed by atoms with E-state index in [1.165, 1.54) is 12.8 Å². The van der Waals surface area contributed by atoms with Crippen LogP contribution in [0.4, 0.5) is 0 Å². The number of hydrogen-bond acceptors (Lipinski definition) is 3. The van der Waals surface area contributed by atoms with E-state index in [1.807, 2.05) is 18.2 Å². The Bertz CT molecular complexity index is 556. The standard InChI is InChI=1S/C20H30N2O2.ClH/c1-15(16-9-11-21-12-10-16)13-20(23)22(18-7-8-18)14-17-5-3-4-6-19(17)24-2;/h3-6,15-16,18,21H,7-14H2,1-2H3;1H. The van der Waals surface area contributed by atoms with Gasteiger partial charge in [0.15, 0.2) is 0 Å². The Balaban J connectivity index is 0.00000225. The van der Waals surface area contributed by atoms with E-state index in [2.05, 4.69) is 23.2 Å². The maximum Gasteiger partial charge on any atom is 0.223 e. The van der Waals surface area contributed by atoms with E-state index in [0.717, 1.165) is 37.2 Å². The summed E-state index contributed by atoms with van der Waals surface area (Å²) in [6.45, 7) is 5.11. The fourth-order valence-electron chi connectivity index (χ4n) is 3.80. The molecule has 0 spiro atoms. The molecule has 4 nitrogen and oxygen atoms in total. The van der Waals surface area contributed by atoms with Crippen molar-refractivity contribution in [2.45, 2.75) is 51.6 Å². The topological polar surface area (TPSA) is 41.6 Å². The third kappa shape index (κ3) is 5.35. The minimum atomic E-state index is 0. The van der Waals surface area contributed by atoms with Gasteiger partial charge in [-0.1, -0.05) is 25.1 Å². The minimum absolute atomic E-state index is 0. The number of halogens is 1. The lowest BCUT2D eigenvalue weighted by atomic mass is 9.84. The van der Waals surface area contributed by atoms with Crippen molar-refractivity contribution in [3.63, 3.8) is 0 Å². The minimum Gasteiger partial charge on any atom is -0.496 e. The second-order valence-electron chi connectivity index (χ2n) is 7.33. The molecule has 1 aromatic rings. The molecule has 3 rings (SSSR count). The Kier molecular flexibility index (Phi) is 7.57. The summed E-state index contributed by atoms with van der Waals surface area (Å²) in [4.78, 5) is 15.0. The number of piperidine rings is 1. The highest BCUT2D eigenvalue weighted by atomic mass is 35.5. The van der Waals surface area contributed by atoms with Gasteiger partial charge in [0, 0.05) is 24.6 Å². The van der Waals surface area contributed by atoms with Crippen LogP contribution in [0, 0.1) is 11.8 Å². The Hall–Kier alpha value is -1.26. The van der Waals surface area contributed by atoms with Gasteiger partial charge in [-0.3, -0.25) is 4.79 Å². The van der Waals surface area contributed by atoms with Gasteiger partial charge in [0.25, 0.3) is 0 Å². The Morgan fingerprint density at radius 2 is 1.92 bits per heavy atom. The van der Waals surface area contributed by atoms with Crippen LogP contribution in [0.3, 0.4) is 0 Å². The second kappa shape index (κ2) is 9.44. The number of ether oxygens (including phenoxy) is 1. The first-order valence-corrected chi connectivity index (χ1v) is 9.31. The zero-order valence-electron chi connectivity index (χ0n) is 15.4. The molecule has 1 unspecified atom stereocenters. The molecule has 0 radical (unpaired) electrons. The molecule has 1 amide bonds. The molecular formula is C20H31ClN2O2. The third-order valence-electron chi connectivity index (χ3n) is 5.53. The zero-order valence-corrected chi connectivity index (χ0v) is 16.2. The highest BCUT2D eigenvalue weighted by molar-refractivity contribution is 5.85. The molecule has 1 N–H and O–H groups in total. The number of nitrogens with one attached hydrogen (secondary N) is 1. The number of carbonyl (C=O) groups is 1. The maximum atomic E-state index is 13.0. The van der Waals surface area contributed by atoms with Gasteiger partial charge in [-0.15, -0.1) is 12.4 Å². The van der Waals surface area contributed by atoms with Gasteiger partial charge in [-0.2, -0.15) is 0 Å². The first kappa shape index (κ1) is 20.1. The second-order valence-corrected chi connectivity index (χ2v) is 7.33. The van der Waals surface area contributed by atoms with Crippen LogP contribution in [-0.4, -0.2) is 37.0 Å². The number of benzene rings is 1. The van der Waals surface area contributed by atoms with Crippen LogP contribution in [0.1, 0.15) is 44.6 Å². The summed E-state index contributed by atoms with van der Waals surface area (Å²) in [5, 5.41) is 3.41. The average molecular weight is 367 g/mol. The van der Waals surface area contributed by atoms with Crippen LogP contribution in [0.25, 0.3) is 0 Å². The number of rotatable bonds is 7. The molecule has 1 saturated carbocycles. The van der Waals surface area contributed by atoms with E-state index in [9.17, 15) is 4.79 Å². The van der Waals surface area contributed by atoms with Crippen molar-refractivity contribution >= 4 is 18.3 Å². The number of hydrogen-bond donors (Lipinski definition) is 1. The summed E-state index contributed by atoms with van der Waals surface area (Å²) in [6.07, 6.45) is 5.36. The molecule has 2 fully saturated rings. The number of carbonyl (C=O) groups excluding carboxylic acids is 1. The number of para-hydroxylation sites is 1. The van der Waals surface area contributed by atoms with Gasteiger partial charge >= 0.3 is 0 Å². The summed E-state index contributed by atoms with van der Waals surface area (Å²) in [6, 6.07) is 8.47. The summed E-state index contributed by atoms with van der Waals surface area (Å²) >= 11 is 0. The monoisotopic (exact) mass is 366 g/mol.